The van der Waals surface area contributed by atoms with Crippen LogP contribution in [0.3, 0.4) is 0 Å². The first-order valence-electron chi connectivity index (χ1n) is 6.39. The quantitative estimate of drug-likeness (QED) is 0.743. The molecule has 20 heavy (non-hydrogen) atoms. The monoisotopic (exact) mass is 342 g/mol. The number of carboxylic acid groups (broad SMARTS) is 1. The summed E-state index contributed by atoms with van der Waals surface area (Å²) in [5, 5.41) is 14.3. The van der Waals surface area contributed by atoms with Gasteiger partial charge in [-0.1, -0.05) is 41.9 Å². The van der Waals surface area contributed by atoms with Gasteiger partial charge in [0.2, 0.25) is 0 Å². The van der Waals surface area contributed by atoms with Crippen LogP contribution in [0.4, 0.5) is 4.79 Å². The van der Waals surface area contributed by atoms with Gasteiger partial charge in [-0.3, -0.25) is 4.79 Å². The van der Waals surface area contributed by atoms with Gasteiger partial charge in [-0.2, -0.15) is 0 Å². The van der Waals surface area contributed by atoms with E-state index in [2.05, 4.69) is 26.6 Å². The van der Waals surface area contributed by atoms with Gasteiger partial charge in [0.25, 0.3) is 0 Å². The van der Waals surface area contributed by atoms with Crippen molar-refractivity contribution in [3.8, 4) is 0 Å². The van der Waals surface area contributed by atoms with Crippen LogP contribution in [0.2, 0.25) is 0 Å². The Morgan fingerprint density at radius 1 is 1.20 bits per heavy atom. The third kappa shape index (κ3) is 5.61. The third-order valence-electron chi connectivity index (χ3n) is 2.97. The number of hydrogen-bond donors (Lipinski definition) is 3. The van der Waals surface area contributed by atoms with Crippen molar-refractivity contribution >= 4 is 27.9 Å². The molecule has 0 saturated carbocycles. The highest BCUT2D eigenvalue weighted by Gasteiger charge is 2.21. The van der Waals surface area contributed by atoms with E-state index in [0.29, 0.717) is 6.54 Å². The maximum absolute atomic E-state index is 11.6. The van der Waals surface area contributed by atoms with Crippen LogP contribution >= 0.6 is 15.9 Å². The lowest BCUT2D eigenvalue weighted by molar-refractivity contribution is -0.142. The summed E-state index contributed by atoms with van der Waals surface area (Å²) in [7, 11) is 0. The van der Waals surface area contributed by atoms with Crippen molar-refractivity contribution in [3.63, 3.8) is 0 Å². The normalized spacial score (nSPS) is 12.0. The summed E-state index contributed by atoms with van der Waals surface area (Å²) >= 11 is 3.34. The van der Waals surface area contributed by atoms with Crippen LogP contribution in [0, 0.1) is 11.8 Å². The fourth-order valence-electron chi connectivity index (χ4n) is 1.66. The van der Waals surface area contributed by atoms with Gasteiger partial charge in [0.05, 0.1) is 5.92 Å². The van der Waals surface area contributed by atoms with Gasteiger partial charge in [0.1, 0.15) is 0 Å². The smallest absolute Gasteiger partial charge is 0.315 e. The Morgan fingerprint density at radius 3 is 2.30 bits per heavy atom. The molecule has 3 N–H and O–H groups in total. The standard InChI is InChI=1S/C14H19BrN2O3/c1-9(2)12(13(18)19)8-17-14(20)16-7-10-3-5-11(15)6-4-10/h3-6,9,12H,7-8H2,1-2H3,(H,18,19)(H2,16,17,20). The van der Waals surface area contributed by atoms with Crippen LogP contribution in [0.1, 0.15) is 19.4 Å². The topological polar surface area (TPSA) is 78.4 Å². The van der Waals surface area contributed by atoms with Crippen LogP contribution in [0.25, 0.3) is 0 Å². The fourth-order valence-corrected chi connectivity index (χ4v) is 1.92. The molecule has 0 aliphatic rings. The fraction of sp³-hybridized carbons (Fsp3) is 0.429. The Labute approximate surface area is 126 Å². The largest absolute Gasteiger partial charge is 0.481 e. The van der Waals surface area contributed by atoms with Gasteiger partial charge < -0.3 is 15.7 Å². The molecule has 0 spiro atoms. The highest BCUT2D eigenvalue weighted by molar-refractivity contribution is 9.10. The first-order valence-corrected chi connectivity index (χ1v) is 7.18. The van der Waals surface area contributed by atoms with Crippen molar-refractivity contribution in [2.24, 2.45) is 11.8 Å². The average Bonchev–Trinajstić information content (AvgIpc) is 2.37. The summed E-state index contributed by atoms with van der Waals surface area (Å²) in [5.41, 5.74) is 0.974. The third-order valence-corrected chi connectivity index (χ3v) is 3.50. The molecule has 0 heterocycles. The number of benzene rings is 1. The zero-order valence-electron chi connectivity index (χ0n) is 11.5. The van der Waals surface area contributed by atoms with Crippen molar-refractivity contribution in [3.05, 3.63) is 34.3 Å². The number of urea groups is 1. The molecule has 1 aromatic rings. The first-order chi connectivity index (χ1) is 9.40. The van der Waals surface area contributed by atoms with Crippen molar-refractivity contribution in [1.82, 2.24) is 10.6 Å². The number of hydrogen-bond acceptors (Lipinski definition) is 2. The number of amides is 2. The van der Waals surface area contributed by atoms with E-state index in [1.165, 1.54) is 0 Å². The number of carbonyl (C=O) groups excluding carboxylic acids is 1. The van der Waals surface area contributed by atoms with E-state index in [9.17, 15) is 9.59 Å². The predicted molar refractivity (Wildman–Crippen MR) is 80.3 cm³/mol. The molecular weight excluding hydrogens is 324 g/mol. The van der Waals surface area contributed by atoms with Gasteiger partial charge in [-0.15, -0.1) is 0 Å². The molecule has 0 aromatic heterocycles. The molecule has 5 nitrogen and oxygen atoms in total. The zero-order valence-corrected chi connectivity index (χ0v) is 13.1. The minimum absolute atomic E-state index is 0.0285. The summed E-state index contributed by atoms with van der Waals surface area (Å²) in [4.78, 5) is 22.6. The van der Waals surface area contributed by atoms with Gasteiger partial charge in [-0.05, 0) is 23.6 Å². The van der Waals surface area contributed by atoms with Gasteiger partial charge in [0, 0.05) is 17.6 Å². The number of halogens is 1. The first kappa shape index (κ1) is 16.5. The Hall–Kier alpha value is -1.56. The highest BCUT2D eigenvalue weighted by Crippen LogP contribution is 2.11. The molecule has 110 valence electrons. The molecular formula is C14H19BrN2O3. The summed E-state index contributed by atoms with van der Waals surface area (Å²) in [5.74, 6) is -1.50. The van der Waals surface area contributed by atoms with Crippen LogP contribution in [0.15, 0.2) is 28.7 Å². The SMILES string of the molecule is CC(C)C(CNC(=O)NCc1ccc(Br)cc1)C(=O)O. The molecule has 0 fully saturated rings. The molecule has 0 aliphatic heterocycles. The van der Waals surface area contributed by atoms with Crippen LogP contribution in [-0.4, -0.2) is 23.7 Å². The Morgan fingerprint density at radius 2 is 1.80 bits per heavy atom. The lowest BCUT2D eigenvalue weighted by atomic mass is 9.96. The molecule has 1 atom stereocenters. The lowest BCUT2D eigenvalue weighted by Gasteiger charge is -2.17. The molecule has 1 unspecified atom stereocenters. The van der Waals surface area contributed by atoms with Crippen molar-refractivity contribution in [2.45, 2.75) is 20.4 Å². The van der Waals surface area contributed by atoms with Crippen LogP contribution < -0.4 is 10.6 Å². The van der Waals surface area contributed by atoms with Crippen molar-refractivity contribution < 1.29 is 14.7 Å². The molecule has 2 amide bonds. The predicted octanol–water partition coefficient (Wildman–Crippen LogP) is 2.61. The van der Waals surface area contributed by atoms with Gasteiger partial charge in [0.15, 0.2) is 0 Å². The minimum Gasteiger partial charge on any atom is -0.481 e. The molecule has 0 bridgehead atoms. The second-order valence-corrected chi connectivity index (χ2v) is 5.79. The number of rotatable bonds is 6. The molecule has 0 aliphatic carbocycles. The van der Waals surface area contributed by atoms with E-state index in [1.54, 1.807) is 0 Å². The zero-order chi connectivity index (χ0) is 15.1. The molecule has 1 aromatic carbocycles. The summed E-state index contributed by atoms with van der Waals surface area (Å²) < 4.78 is 0.979. The molecule has 0 saturated heterocycles. The number of nitrogens with one attached hydrogen (secondary N) is 2. The average molecular weight is 343 g/mol. The van der Waals surface area contributed by atoms with Crippen molar-refractivity contribution in [2.75, 3.05) is 6.54 Å². The van der Waals surface area contributed by atoms with E-state index in [0.717, 1.165) is 10.0 Å². The highest BCUT2D eigenvalue weighted by atomic mass is 79.9. The minimum atomic E-state index is -0.895. The van der Waals surface area contributed by atoms with E-state index < -0.39 is 11.9 Å². The summed E-state index contributed by atoms with van der Waals surface area (Å²) in [6, 6.07) is 7.24. The Kier molecular flexibility index (Phi) is 6.51. The van der Waals surface area contributed by atoms with Crippen molar-refractivity contribution in [1.29, 1.82) is 0 Å². The lowest BCUT2D eigenvalue weighted by Crippen LogP contribution is -2.40. The van der Waals surface area contributed by atoms with E-state index in [1.807, 2.05) is 38.1 Å². The second-order valence-electron chi connectivity index (χ2n) is 4.88. The van der Waals surface area contributed by atoms with Crippen LogP contribution in [-0.2, 0) is 11.3 Å². The van der Waals surface area contributed by atoms with Gasteiger partial charge in [-0.25, -0.2) is 4.79 Å². The Bertz CT molecular complexity index is 460. The number of carboxylic acids is 1. The Balaban J connectivity index is 2.36. The molecule has 0 radical (unpaired) electrons. The molecule has 6 heteroatoms. The number of carbonyl (C=O) groups is 2. The van der Waals surface area contributed by atoms with Gasteiger partial charge >= 0.3 is 12.0 Å². The van der Waals surface area contributed by atoms with E-state index in [4.69, 9.17) is 5.11 Å². The summed E-state index contributed by atoms with van der Waals surface area (Å²) in [6.45, 7) is 4.16. The van der Waals surface area contributed by atoms with E-state index in [-0.39, 0.29) is 18.5 Å². The molecule has 1 rings (SSSR count). The van der Waals surface area contributed by atoms with Crippen LogP contribution in [0.5, 0.6) is 0 Å². The second kappa shape index (κ2) is 7.89. The maximum Gasteiger partial charge on any atom is 0.315 e. The van der Waals surface area contributed by atoms with E-state index >= 15 is 0 Å². The summed E-state index contributed by atoms with van der Waals surface area (Å²) in [6.07, 6.45) is 0. The number of aliphatic carboxylic acids is 1. The maximum atomic E-state index is 11.6.